The van der Waals surface area contributed by atoms with Crippen molar-refractivity contribution in [1.82, 2.24) is 5.32 Å². The maximum absolute atomic E-state index is 12.5. The molecule has 0 spiro atoms. The Morgan fingerprint density at radius 2 is 1.58 bits per heavy atom. The quantitative estimate of drug-likeness (QED) is 0.889. The van der Waals surface area contributed by atoms with E-state index in [1.807, 2.05) is 62.4 Å². The summed E-state index contributed by atoms with van der Waals surface area (Å²) in [6.07, 6.45) is 1.67. The monoisotopic (exact) mass is 322 g/mol. The van der Waals surface area contributed by atoms with Crippen LogP contribution in [0, 0.1) is 13.8 Å². The molecule has 0 atom stereocenters. The van der Waals surface area contributed by atoms with Crippen LogP contribution >= 0.6 is 0 Å². The first-order valence-electron chi connectivity index (χ1n) is 8.23. The lowest BCUT2D eigenvalue weighted by Crippen LogP contribution is -2.39. The molecule has 24 heavy (non-hydrogen) atoms. The minimum absolute atomic E-state index is 0.0127. The summed E-state index contributed by atoms with van der Waals surface area (Å²) < 4.78 is 0. The number of para-hydroxylation sites is 1. The number of hydrogen-bond donors (Lipinski definition) is 2. The molecule has 124 valence electrons. The fourth-order valence-corrected chi connectivity index (χ4v) is 3.05. The van der Waals surface area contributed by atoms with E-state index >= 15 is 0 Å². The van der Waals surface area contributed by atoms with Gasteiger partial charge in [0, 0.05) is 5.69 Å². The highest BCUT2D eigenvalue weighted by molar-refractivity contribution is 5.98. The Morgan fingerprint density at radius 1 is 0.958 bits per heavy atom. The van der Waals surface area contributed by atoms with Crippen LogP contribution in [0.5, 0.6) is 0 Å². The molecule has 1 fully saturated rings. The molecule has 4 nitrogen and oxygen atoms in total. The van der Waals surface area contributed by atoms with Crippen molar-refractivity contribution < 1.29 is 9.59 Å². The first-order chi connectivity index (χ1) is 11.5. The number of amides is 2. The molecule has 2 N–H and O–H groups in total. The zero-order chi connectivity index (χ0) is 17.2. The molecule has 3 rings (SSSR count). The van der Waals surface area contributed by atoms with Crippen LogP contribution in [-0.4, -0.2) is 18.4 Å². The third-order valence-corrected chi connectivity index (χ3v) is 4.67. The third kappa shape index (κ3) is 3.18. The highest BCUT2D eigenvalue weighted by Crippen LogP contribution is 2.48. The zero-order valence-corrected chi connectivity index (χ0v) is 14.1. The van der Waals surface area contributed by atoms with Gasteiger partial charge in [0.15, 0.2) is 0 Å². The number of hydrogen-bond acceptors (Lipinski definition) is 2. The van der Waals surface area contributed by atoms with Gasteiger partial charge >= 0.3 is 0 Å². The molecular weight excluding hydrogens is 300 g/mol. The molecule has 2 aromatic carbocycles. The minimum atomic E-state index is -0.444. The number of rotatable bonds is 5. The summed E-state index contributed by atoms with van der Waals surface area (Å²) in [6.45, 7) is 3.90. The molecule has 0 radical (unpaired) electrons. The minimum Gasteiger partial charge on any atom is -0.346 e. The van der Waals surface area contributed by atoms with Crippen LogP contribution < -0.4 is 10.6 Å². The number of carbonyl (C=O) groups excluding carboxylic acids is 2. The molecule has 0 heterocycles. The molecular formula is C20H22N2O2. The summed E-state index contributed by atoms with van der Waals surface area (Å²) in [6, 6.07) is 15.6. The summed E-state index contributed by atoms with van der Waals surface area (Å²) >= 11 is 0. The van der Waals surface area contributed by atoms with Crippen molar-refractivity contribution in [2.24, 2.45) is 0 Å². The van der Waals surface area contributed by atoms with Crippen molar-refractivity contribution in [3.05, 3.63) is 65.2 Å². The Bertz CT molecular complexity index is 744. The van der Waals surface area contributed by atoms with Crippen LogP contribution in [0.15, 0.2) is 48.5 Å². The molecule has 0 bridgehead atoms. The van der Waals surface area contributed by atoms with Crippen LogP contribution in [0.1, 0.15) is 29.5 Å². The molecule has 0 saturated heterocycles. The highest BCUT2D eigenvalue weighted by atomic mass is 16.2. The second kappa shape index (κ2) is 6.48. The first kappa shape index (κ1) is 16.2. The number of carbonyl (C=O) groups is 2. The Hall–Kier alpha value is -2.62. The average Bonchev–Trinajstić information content (AvgIpc) is 3.39. The van der Waals surface area contributed by atoms with Crippen molar-refractivity contribution in [3.63, 3.8) is 0 Å². The number of benzene rings is 2. The molecule has 1 aliphatic rings. The Labute approximate surface area is 142 Å². The summed E-state index contributed by atoms with van der Waals surface area (Å²) in [5.41, 5.74) is 3.42. The van der Waals surface area contributed by atoms with Gasteiger partial charge in [0.2, 0.25) is 11.8 Å². The van der Waals surface area contributed by atoms with Gasteiger partial charge in [-0.15, -0.1) is 0 Å². The van der Waals surface area contributed by atoms with Gasteiger partial charge in [-0.3, -0.25) is 9.59 Å². The van der Waals surface area contributed by atoms with E-state index in [-0.39, 0.29) is 18.4 Å². The van der Waals surface area contributed by atoms with E-state index in [0.29, 0.717) is 0 Å². The number of nitrogens with one attached hydrogen (secondary N) is 2. The van der Waals surface area contributed by atoms with Gasteiger partial charge in [-0.1, -0.05) is 48.5 Å². The number of anilines is 1. The van der Waals surface area contributed by atoms with Crippen LogP contribution in [0.25, 0.3) is 0 Å². The molecule has 1 saturated carbocycles. The zero-order valence-electron chi connectivity index (χ0n) is 14.1. The van der Waals surface area contributed by atoms with Crippen molar-refractivity contribution >= 4 is 17.5 Å². The van der Waals surface area contributed by atoms with Crippen molar-refractivity contribution in [3.8, 4) is 0 Å². The normalized spacial score (nSPS) is 14.8. The molecule has 4 heteroatoms. The van der Waals surface area contributed by atoms with Crippen LogP contribution in [0.3, 0.4) is 0 Å². The standard InChI is InChI=1S/C20H22N2O2/c1-14-7-6-8-15(2)18(14)22-17(23)13-21-19(24)20(11-12-20)16-9-4-3-5-10-16/h3-10H,11-13H2,1-2H3,(H,21,24)(H,22,23). The lowest BCUT2D eigenvalue weighted by Gasteiger charge is -2.16. The third-order valence-electron chi connectivity index (χ3n) is 4.67. The molecule has 1 aliphatic carbocycles. The fraction of sp³-hybridized carbons (Fsp3) is 0.300. The van der Waals surface area contributed by atoms with Crippen LogP contribution in [0.2, 0.25) is 0 Å². The number of aryl methyl sites for hydroxylation is 2. The Morgan fingerprint density at radius 3 is 2.17 bits per heavy atom. The van der Waals surface area contributed by atoms with Gasteiger partial charge in [0.05, 0.1) is 12.0 Å². The molecule has 0 unspecified atom stereocenters. The average molecular weight is 322 g/mol. The van der Waals surface area contributed by atoms with Gasteiger partial charge in [-0.25, -0.2) is 0 Å². The molecule has 0 aliphatic heterocycles. The van der Waals surface area contributed by atoms with Crippen LogP contribution in [0.4, 0.5) is 5.69 Å². The first-order valence-corrected chi connectivity index (χ1v) is 8.23. The van der Waals surface area contributed by atoms with Crippen molar-refractivity contribution in [2.75, 3.05) is 11.9 Å². The van der Waals surface area contributed by atoms with Gasteiger partial charge in [-0.05, 0) is 43.4 Å². The van der Waals surface area contributed by atoms with E-state index in [9.17, 15) is 9.59 Å². The topological polar surface area (TPSA) is 58.2 Å². The molecule has 0 aromatic heterocycles. The van der Waals surface area contributed by atoms with E-state index in [0.717, 1.165) is 35.2 Å². The van der Waals surface area contributed by atoms with Gasteiger partial charge in [0.25, 0.3) is 0 Å². The predicted octanol–water partition coefficient (Wildman–Crippen LogP) is 3.09. The maximum atomic E-state index is 12.5. The Kier molecular flexibility index (Phi) is 4.38. The fourth-order valence-electron chi connectivity index (χ4n) is 3.05. The molecule has 2 aromatic rings. The van der Waals surface area contributed by atoms with E-state index in [1.54, 1.807) is 0 Å². The van der Waals surface area contributed by atoms with Crippen molar-refractivity contribution in [2.45, 2.75) is 32.1 Å². The van der Waals surface area contributed by atoms with Gasteiger partial charge < -0.3 is 10.6 Å². The second-order valence-electron chi connectivity index (χ2n) is 6.45. The largest absolute Gasteiger partial charge is 0.346 e. The smallest absolute Gasteiger partial charge is 0.243 e. The van der Waals surface area contributed by atoms with E-state index in [2.05, 4.69) is 10.6 Å². The summed E-state index contributed by atoms with van der Waals surface area (Å²) in [7, 11) is 0. The lowest BCUT2D eigenvalue weighted by atomic mass is 9.95. The highest BCUT2D eigenvalue weighted by Gasteiger charge is 2.51. The summed E-state index contributed by atoms with van der Waals surface area (Å²) in [5.74, 6) is -0.269. The molecule has 2 amide bonds. The van der Waals surface area contributed by atoms with Crippen molar-refractivity contribution in [1.29, 1.82) is 0 Å². The van der Waals surface area contributed by atoms with E-state index < -0.39 is 5.41 Å². The van der Waals surface area contributed by atoms with Crippen LogP contribution in [-0.2, 0) is 15.0 Å². The Balaban J connectivity index is 1.60. The summed E-state index contributed by atoms with van der Waals surface area (Å²) in [5, 5.41) is 5.68. The van der Waals surface area contributed by atoms with Gasteiger partial charge in [-0.2, -0.15) is 0 Å². The van der Waals surface area contributed by atoms with Gasteiger partial charge in [0.1, 0.15) is 0 Å². The predicted molar refractivity (Wildman–Crippen MR) is 94.9 cm³/mol. The maximum Gasteiger partial charge on any atom is 0.243 e. The SMILES string of the molecule is Cc1cccc(C)c1NC(=O)CNC(=O)C1(c2ccccc2)CC1. The lowest BCUT2D eigenvalue weighted by molar-refractivity contribution is -0.126. The van der Waals surface area contributed by atoms with E-state index in [4.69, 9.17) is 0 Å². The van der Waals surface area contributed by atoms with E-state index in [1.165, 1.54) is 0 Å². The second-order valence-corrected chi connectivity index (χ2v) is 6.45. The summed E-state index contributed by atoms with van der Waals surface area (Å²) in [4.78, 5) is 24.7.